The van der Waals surface area contributed by atoms with Gasteiger partial charge >= 0.3 is 0 Å². The third kappa shape index (κ3) is 2.88. The van der Waals surface area contributed by atoms with Gasteiger partial charge in [0.05, 0.1) is 12.1 Å². The van der Waals surface area contributed by atoms with Gasteiger partial charge < -0.3 is 10.6 Å². The SMILES string of the molecule is N#C[C@H](Cc1ccc2ccccc2c1)NC(=O)[C@H]1N[C@@H]2CC[C@H]1C2. The Kier molecular flexibility index (Phi) is 3.95. The van der Waals surface area contributed by atoms with Crippen LogP contribution in [-0.2, 0) is 11.2 Å². The molecule has 4 heteroatoms. The molecule has 0 aromatic heterocycles. The fraction of sp³-hybridized carbons (Fsp3) is 0.400. The van der Waals surface area contributed by atoms with Crippen LogP contribution < -0.4 is 10.6 Å². The number of amides is 1. The second kappa shape index (κ2) is 6.26. The van der Waals surface area contributed by atoms with Crippen molar-refractivity contribution in [3.8, 4) is 6.07 Å². The van der Waals surface area contributed by atoms with Gasteiger partial charge in [-0.05, 0) is 41.5 Å². The highest BCUT2D eigenvalue weighted by Gasteiger charge is 2.42. The quantitative estimate of drug-likeness (QED) is 0.910. The van der Waals surface area contributed by atoms with Crippen LogP contribution in [0.3, 0.4) is 0 Å². The maximum atomic E-state index is 12.5. The highest BCUT2D eigenvalue weighted by atomic mass is 16.2. The maximum absolute atomic E-state index is 12.5. The lowest BCUT2D eigenvalue weighted by Crippen LogP contribution is -2.50. The Morgan fingerprint density at radius 1 is 1.25 bits per heavy atom. The van der Waals surface area contributed by atoms with Crippen molar-refractivity contribution in [3.63, 3.8) is 0 Å². The topological polar surface area (TPSA) is 64.9 Å². The first-order chi connectivity index (χ1) is 11.7. The van der Waals surface area contributed by atoms with E-state index < -0.39 is 6.04 Å². The molecule has 24 heavy (non-hydrogen) atoms. The van der Waals surface area contributed by atoms with Gasteiger partial charge in [0.2, 0.25) is 5.91 Å². The number of rotatable bonds is 4. The summed E-state index contributed by atoms with van der Waals surface area (Å²) in [5.74, 6) is 0.421. The Hall–Kier alpha value is -2.38. The number of nitrogens with zero attached hydrogens (tertiary/aromatic N) is 1. The summed E-state index contributed by atoms with van der Waals surface area (Å²) in [5, 5.41) is 18.1. The third-order valence-corrected chi connectivity index (χ3v) is 5.37. The Morgan fingerprint density at radius 3 is 2.79 bits per heavy atom. The molecular formula is C20H21N3O. The fourth-order valence-corrected chi connectivity index (χ4v) is 4.14. The molecule has 2 fully saturated rings. The normalized spacial score (nSPS) is 26.2. The van der Waals surface area contributed by atoms with Crippen LogP contribution in [0.15, 0.2) is 42.5 Å². The number of hydrogen-bond acceptors (Lipinski definition) is 3. The zero-order valence-electron chi connectivity index (χ0n) is 13.5. The molecule has 0 unspecified atom stereocenters. The van der Waals surface area contributed by atoms with E-state index in [1.54, 1.807) is 0 Å². The second-order valence-corrected chi connectivity index (χ2v) is 6.99. The Labute approximate surface area is 141 Å². The summed E-state index contributed by atoms with van der Waals surface area (Å²) in [6.45, 7) is 0. The lowest BCUT2D eigenvalue weighted by atomic mass is 9.98. The molecule has 4 atom stereocenters. The van der Waals surface area contributed by atoms with Gasteiger partial charge in [-0.2, -0.15) is 5.26 Å². The van der Waals surface area contributed by atoms with Crippen molar-refractivity contribution < 1.29 is 4.79 Å². The van der Waals surface area contributed by atoms with Crippen LogP contribution >= 0.6 is 0 Å². The number of nitriles is 1. The Balaban J connectivity index is 1.43. The van der Waals surface area contributed by atoms with Crippen molar-refractivity contribution in [1.82, 2.24) is 10.6 Å². The number of carbonyl (C=O) groups is 1. The van der Waals surface area contributed by atoms with Gasteiger partial charge in [-0.25, -0.2) is 0 Å². The summed E-state index contributed by atoms with van der Waals surface area (Å²) < 4.78 is 0. The molecule has 1 amide bonds. The van der Waals surface area contributed by atoms with E-state index in [9.17, 15) is 10.1 Å². The minimum atomic E-state index is -0.486. The van der Waals surface area contributed by atoms with Crippen LogP contribution in [0.25, 0.3) is 10.8 Å². The van der Waals surface area contributed by atoms with Gasteiger partial charge in [0.1, 0.15) is 6.04 Å². The largest absolute Gasteiger partial charge is 0.339 e. The number of benzene rings is 2. The van der Waals surface area contributed by atoms with Crippen molar-refractivity contribution in [2.24, 2.45) is 5.92 Å². The van der Waals surface area contributed by atoms with Gasteiger partial charge in [0.25, 0.3) is 0 Å². The van der Waals surface area contributed by atoms with Crippen LogP contribution in [0.2, 0.25) is 0 Å². The zero-order valence-corrected chi connectivity index (χ0v) is 13.5. The van der Waals surface area contributed by atoms with Crippen molar-refractivity contribution in [2.45, 2.75) is 43.8 Å². The standard InChI is InChI=1S/C20H21N3O/c21-12-18(23-20(24)19-16-7-8-17(11-16)22-19)10-13-5-6-14-3-1-2-4-15(14)9-13/h1-6,9,16-19,22H,7-8,10-11H2,(H,23,24)/t16-,17+,18-,19-/m0/s1. The average Bonchev–Trinajstić information content (AvgIpc) is 3.24. The number of fused-ring (bicyclic) bond motifs is 3. The molecule has 2 N–H and O–H groups in total. The van der Waals surface area contributed by atoms with E-state index in [0.29, 0.717) is 18.4 Å². The summed E-state index contributed by atoms with van der Waals surface area (Å²) in [4.78, 5) is 12.5. The molecule has 1 aliphatic carbocycles. The van der Waals surface area contributed by atoms with Crippen LogP contribution in [-0.4, -0.2) is 24.0 Å². The summed E-state index contributed by atoms with van der Waals surface area (Å²) in [6, 6.07) is 16.5. The smallest absolute Gasteiger partial charge is 0.238 e. The molecule has 1 heterocycles. The van der Waals surface area contributed by atoms with Crippen LogP contribution in [0.4, 0.5) is 0 Å². The first-order valence-electron chi connectivity index (χ1n) is 8.66. The van der Waals surface area contributed by atoms with Crippen molar-refractivity contribution >= 4 is 16.7 Å². The molecule has 4 nitrogen and oxygen atoms in total. The predicted octanol–water partition coefficient (Wildman–Crippen LogP) is 2.53. The van der Waals surface area contributed by atoms with Crippen LogP contribution in [0.5, 0.6) is 0 Å². The summed E-state index contributed by atoms with van der Waals surface area (Å²) >= 11 is 0. The maximum Gasteiger partial charge on any atom is 0.238 e. The van der Waals surface area contributed by atoms with E-state index in [4.69, 9.17) is 0 Å². The lowest BCUT2D eigenvalue weighted by Gasteiger charge is -2.23. The Bertz CT molecular complexity index is 810. The molecule has 1 saturated carbocycles. The minimum Gasteiger partial charge on any atom is -0.339 e. The number of piperidine rings is 1. The zero-order chi connectivity index (χ0) is 16.5. The first kappa shape index (κ1) is 15.2. The molecular weight excluding hydrogens is 298 g/mol. The van der Waals surface area contributed by atoms with Gasteiger partial charge in [-0.3, -0.25) is 4.79 Å². The van der Waals surface area contributed by atoms with Gasteiger partial charge in [0, 0.05) is 12.5 Å². The van der Waals surface area contributed by atoms with E-state index in [1.807, 2.05) is 18.2 Å². The van der Waals surface area contributed by atoms with Gasteiger partial charge in [-0.15, -0.1) is 0 Å². The predicted molar refractivity (Wildman–Crippen MR) is 93.2 cm³/mol. The van der Waals surface area contributed by atoms with Crippen molar-refractivity contribution in [3.05, 3.63) is 48.0 Å². The minimum absolute atomic E-state index is 0.0189. The first-order valence-corrected chi connectivity index (χ1v) is 8.66. The van der Waals surface area contributed by atoms with Crippen LogP contribution in [0, 0.1) is 17.2 Å². The molecule has 2 aliphatic rings. The number of nitrogens with one attached hydrogen (secondary N) is 2. The fourth-order valence-electron chi connectivity index (χ4n) is 4.14. The Morgan fingerprint density at radius 2 is 2.08 bits per heavy atom. The molecule has 1 saturated heterocycles. The molecule has 2 bridgehead atoms. The average molecular weight is 319 g/mol. The van der Waals surface area contributed by atoms with E-state index in [-0.39, 0.29) is 11.9 Å². The van der Waals surface area contributed by atoms with E-state index >= 15 is 0 Å². The molecule has 122 valence electrons. The number of carbonyl (C=O) groups excluding carboxylic acids is 1. The molecule has 2 aromatic rings. The van der Waals surface area contributed by atoms with E-state index in [1.165, 1.54) is 11.8 Å². The summed E-state index contributed by atoms with van der Waals surface area (Å²) in [6.07, 6.45) is 3.93. The third-order valence-electron chi connectivity index (χ3n) is 5.37. The van der Waals surface area contributed by atoms with Crippen molar-refractivity contribution in [1.29, 1.82) is 5.26 Å². The van der Waals surface area contributed by atoms with Gasteiger partial charge in [-0.1, -0.05) is 42.5 Å². The van der Waals surface area contributed by atoms with Crippen LogP contribution in [0.1, 0.15) is 24.8 Å². The monoisotopic (exact) mass is 319 g/mol. The molecule has 0 spiro atoms. The molecule has 4 rings (SSSR count). The molecule has 2 aromatic carbocycles. The molecule has 1 aliphatic heterocycles. The van der Waals surface area contributed by atoms with Gasteiger partial charge in [0.15, 0.2) is 0 Å². The van der Waals surface area contributed by atoms with E-state index in [0.717, 1.165) is 23.8 Å². The van der Waals surface area contributed by atoms with E-state index in [2.05, 4.69) is 41.0 Å². The summed E-state index contributed by atoms with van der Waals surface area (Å²) in [7, 11) is 0. The number of hydrogen-bond donors (Lipinski definition) is 2. The highest BCUT2D eigenvalue weighted by molar-refractivity contribution is 5.84. The summed E-state index contributed by atoms with van der Waals surface area (Å²) in [5.41, 5.74) is 1.07. The highest BCUT2D eigenvalue weighted by Crippen LogP contribution is 2.35. The lowest BCUT2D eigenvalue weighted by molar-refractivity contribution is -0.124. The second-order valence-electron chi connectivity index (χ2n) is 6.99. The van der Waals surface area contributed by atoms with Crippen molar-refractivity contribution in [2.75, 3.05) is 0 Å². The molecule has 0 radical (unpaired) electrons.